The van der Waals surface area contributed by atoms with E-state index in [0.29, 0.717) is 11.3 Å². The van der Waals surface area contributed by atoms with E-state index in [0.717, 1.165) is 0 Å². The van der Waals surface area contributed by atoms with Gasteiger partial charge in [0.1, 0.15) is 5.75 Å². The van der Waals surface area contributed by atoms with E-state index in [-0.39, 0.29) is 32.9 Å². The lowest BCUT2D eigenvalue weighted by Gasteiger charge is -2.13. The van der Waals surface area contributed by atoms with Crippen LogP contribution in [-0.2, 0) is 19.4 Å². The van der Waals surface area contributed by atoms with E-state index in [2.05, 4.69) is 10.1 Å². The Morgan fingerprint density at radius 2 is 1.79 bits per heavy atom. The molecule has 0 saturated heterocycles. The number of carbonyl (C=O) groups is 2. The average Bonchev–Trinajstić information content (AvgIpc) is 3.00. The first-order valence-electron chi connectivity index (χ1n) is 8.20. The first-order chi connectivity index (χ1) is 13.6. The standard InChI is InChI=1S/C18H17NO9S/c1-9-6-14-15(27-18(26-14)28-17(21)22)8-16(9)29(23,24)11-4-5-13(25-3)12(7-11)19-10(2)20/h4-8,18H,1-3H3,(H,19,20)(H,21,22). The van der Waals surface area contributed by atoms with Crippen molar-refractivity contribution >= 4 is 27.6 Å². The Balaban J connectivity index is 2.01. The number of anilines is 1. The van der Waals surface area contributed by atoms with Crippen LogP contribution in [0.3, 0.4) is 0 Å². The highest BCUT2D eigenvalue weighted by molar-refractivity contribution is 7.91. The molecule has 2 aromatic carbocycles. The molecule has 1 amide bonds. The van der Waals surface area contributed by atoms with E-state index < -0.39 is 22.5 Å². The van der Waals surface area contributed by atoms with Crippen LogP contribution in [0.4, 0.5) is 10.5 Å². The lowest BCUT2D eigenvalue weighted by atomic mass is 10.2. The largest absolute Gasteiger partial charge is 0.511 e. The van der Waals surface area contributed by atoms with Crippen molar-refractivity contribution in [1.29, 1.82) is 0 Å². The molecule has 29 heavy (non-hydrogen) atoms. The Hall–Kier alpha value is -3.47. The zero-order chi connectivity index (χ0) is 21.3. The van der Waals surface area contributed by atoms with Crippen LogP contribution in [0.15, 0.2) is 40.1 Å². The number of carbonyl (C=O) groups excluding carboxylic acids is 1. The molecule has 154 valence electrons. The number of sulfone groups is 1. The van der Waals surface area contributed by atoms with Crippen LogP contribution in [0.2, 0.25) is 0 Å². The van der Waals surface area contributed by atoms with Crippen molar-refractivity contribution in [2.45, 2.75) is 30.1 Å². The maximum atomic E-state index is 13.2. The Labute approximate surface area is 165 Å². The summed E-state index contributed by atoms with van der Waals surface area (Å²) in [5.74, 6) is 0.0918. The van der Waals surface area contributed by atoms with Gasteiger partial charge in [-0.3, -0.25) is 4.79 Å². The molecule has 1 atom stereocenters. The van der Waals surface area contributed by atoms with Gasteiger partial charge in [0.15, 0.2) is 11.5 Å². The summed E-state index contributed by atoms with van der Waals surface area (Å²) in [6.07, 6.45) is -1.60. The number of hydrogen-bond donors (Lipinski definition) is 2. The van der Waals surface area contributed by atoms with Gasteiger partial charge in [0, 0.05) is 13.0 Å². The fraction of sp³-hybridized carbons (Fsp3) is 0.222. The van der Waals surface area contributed by atoms with Gasteiger partial charge in [0.2, 0.25) is 15.7 Å². The predicted molar refractivity (Wildman–Crippen MR) is 98.1 cm³/mol. The first kappa shape index (κ1) is 20.3. The molecule has 0 spiro atoms. The van der Waals surface area contributed by atoms with Gasteiger partial charge < -0.3 is 29.4 Å². The molecule has 11 heteroatoms. The molecule has 0 aromatic heterocycles. The maximum Gasteiger partial charge on any atom is 0.511 e. The third-order valence-electron chi connectivity index (χ3n) is 3.97. The summed E-state index contributed by atoms with van der Waals surface area (Å²) in [5.41, 5.74) is 0.551. The molecule has 0 saturated carbocycles. The van der Waals surface area contributed by atoms with Crippen molar-refractivity contribution in [2.75, 3.05) is 12.4 Å². The summed E-state index contributed by atoms with van der Waals surface area (Å²) < 4.78 is 46.3. The Morgan fingerprint density at radius 3 is 2.38 bits per heavy atom. The zero-order valence-electron chi connectivity index (χ0n) is 15.6. The topological polar surface area (TPSA) is 137 Å². The van der Waals surface area contributed by atoms with Crippen molar-refractivity contribution in [2.24, 2.45) is 0 Å². The van der Waals surface area contributed by atoms with E-state index in [1.807, 2.05) is 0 Å². The van der Waals surface area contributed by atoms with E-state index >= 15 is 0 Å². The molecule has 0 aliphatic carbocycles. The Morgan fingerprint density at radius 1 is 1.14 bits per heavy atom. The van der Waals surface area contributed by atoms with Gasteiger partial charge in [0.05, 0.1) is 22.6 Å². The van der Waals surface area contributed by atoms with Gasteiger partial charge in [-0.2, -0.15) is 0 Å². The molecule has 2 aromatic rings. The monoisotopic (exact) mass is 423 g/mol. The number of methoxy groups -OCH3 is 1. The van der Waals surface area contributed by atoms with Gasteiger partial charge in [-0.15, -0.1) is 0 Å². The number of rotatable bonds is 5. The summed E-state index contributed by atoms with van der Waals surface area (Å²) in [5, 5.41) is 11.2. The van der Waals surface area contributed by atoms with Gasteiger partial charge >= 0.3 is 12.6 Å². The smallest absolute Gasteiger partial charge is 0.495 e. The number of fused-ring (bicyclic) bond motifs is 1. The summed E-state index contributed by atoms with van der Waals surface area (Å²) in [6, 6.07) is 6.70. The fourth-order valence-electron chi connectivity index (χ4n) is 2.75. The first-order valence-corrected chi connectivity index (χ1v) is 9.68. The molecular formula is C18H17NO9S. The second-order valence-electron chi connectivity index (χ2n) is 6.02. The molecule has 1 heterocycles. The highest BCUT2D eigenvalue weighted by atomic mass is 32.2. The molecule has 0 bridgehead atoms. The number of amides is 1. The molecular weight excluding hydrogens is 406 g/mol. The van der Waals surface area contributed by atoms with Crippen LogP contribution in [0.25, 0.3) is 0 Å². The van der Waals surface area contributed by atoms with Gasteiger partial charge in [-0.05, 0) is 36.8 Å². The van der Waals surface area contributed by atoms with Gasteiger partial charge in [0.25, 0.3) is 0 Å². The van der Waals surface area contributed by atoms with Crippen molar-refractivity contribution in [3.63, 3.8) is 0 Å². The SMILES string of the molecule is COc1ccc(S(=O)(=O)c2cc3c(cc2C)OC(OC(=O)O)O3)cc1NC(C)=O. The van der Waals surface area contributed by atoms with Crippen LogP contribution in [-0.4, -0.2) is 39.2 Å². The summed E-state index contributed by atoms with van der Waals surface area (Å²) >= 11 is 0. The number of benzene rings is 2. The molecule has 1 aliphatic heterocycles. The third kappa shape index (κ3) is 4.04. The third-order valence-corrected chi connectivity index (χ3v) is 5.86. The molecule has 0 fully saturated rings. The van der Waals surface area contributed by atoms with Gasteiger partial charge in [-0.1, -0.05) is 0 Å². The normalized spacial score (nSPS) is 14.9. The van der Waals surface area contributed by atoms with Crippen molar-refractivity contribution < 1.29 is 42.1 Å². The lowest BCUT2D eigenvalue weighted by molar-refractivity contribution is -0.147. The maximum absolute atomic E-state index is 13.2. The quantitative estimate of drug-likeness (QED) is 0.695. The Kier molecular flexibility index (Phi) is 5.25. The van der Waals surface area contributed by atoms with E-state index in [1.54, 1.807) is 6.92 Å². The van der Waals surface area contributed by atoms with Crippen LogP contribution in [0.1, 0.15) is 12.5 Å². The summed E-state index contributed by atoms with van der Waals surface area (Å²) in [6.45, 7) is 1.32. The van der Waals surface area contributed by atoms with Crippen LogP contribution in [0.5, 0.6) is 17.2 Å². The Bertz CT molecular complexity index is 1090. The molecule has 1 aliphatic rings. The van der Waals surface area contributed by atoms with Gasteiger partial charge in [-0.25, -0.2) is 13.2 Å². The second kappa shape index (κ2) is 7.51. The fourth-order valence-corrected chi connectivity index (χ4v) is 4.27. The van der Waals surface area contributed by atoms with Crippen LogP contribution < -0.4 is 19.5 Å². The lowest BCUT2D eigenvalue weighted by Crippen LogP contribution is -2.24. The van der Waals surface area contributed by atoms with Crippen LogP contribution >= 0.6 is 0 Å². The zero-order valence-corrected chi connectivity index (χ0v) is 16.4. The van der Waals surface area contributed by atoms with E-state index in [4.69, 9.17) is 19.3 Å². The minimum absolute atomic E-state index is 0.0241. The molecule has 3 rings (SSSR count). The minimum atomic E-state index is -4.01. The van der Waals surface area contributed by atoms with E-state index in [1.165, 1.54) is 44.4 Å². The summed E-state index contributed by atoms with van der Waals surface area (Å²) in [4.78, 5) is 21.9. The number of ether oxygens (including phenoxy) is 4. The van der Waals surface area contributed by atoms with E-state index in [9.17, 15) is 18.0 Å². The molecule has 0 radical (unpaired) electrons. The average molecular weight is 423 g/mol. The number of nitrogens with one attached hydrogen (secondary N) is 1. The summed E-state index contributed by atoms with van der Waals surface area (Å²) in [7, 11) is -2.62. The molecule has 10 nitrogen and oxygen atoms in total. The highest BCUT2D eigenvalue weighted by Gasteiger charge is 2.31. The van der Waals surface area contributed by atoms with Crippen LogP contribution in [0, 0.1) is 6.92 Å². The number of aryl methyl sites for hydroxylation is 1. The minimum Gasteiger partial charge on any atom is -0.495 e. The van der Waals surface area contributed by atoms with Crippen molar-refractivity contribution in [1.82, 2.24) is 0 Å². The molecule has 1 unspecified atom stereocenters. The van der Waals surface area contributed by atoms with Crippen molar-refractivity contribution in [3.8, 4) is 17.2 Å². The highest BCUT2D eigenvalue weighted by Crippen LogP contribution is 2.40. The number of hydrogen-bond acceptors (Lipinski definition) is 8. The predicted octanol–water partition coefficient (Wildman–Crippen LogP) is 2.54. The van der Waals surface area contributed by atoms with Crippen molar-refractivity contribution in [3.05, 3.63) is 35.9 Å². The second-order valence-corrected chi connectivity index (χ2v) is 7.94. The molecule has 2 N–H and O–H groups in total. The number of carboxylic acid groups (broad SMARTS) is 1.